The zero-order valence-corrected chi connectivity index (χ0v) is 16.5. The lowest BCUT2D eigenvalue weighted by Crippen LogP contribution is -2.32. The lowest BCUT2D eigenvalue weighted by atomic mass is 10.1. The quantitative estimate of drug-likeness (QED) is 0.831. The minimum atomic E-state index is -3.84. The number of benzene rings is 2. The maximum absolute atomic E-state index is 12.8. The molecule has 3 rings (SSSR count). The molecule has 1 amide bonds. The number of carbonyl (C=O) groups excluding carboxylic acids is 1. The van der Waals surface area contributed by atoms with Crippen LogP contribution in [0, 0.1) is 5.92 Å². The van der Waals surface area contributed by atoms with Crippen molar-refractivity contribution in [3.05, 3.63) is 48.5 Å². The number of fused-ring (bicyclic) bond motifs is 1. The average molecular weight is 385 g/mol. The van der Waals surface area contributed by atoms with Crippen molar-refractivity contribution in [3.8, 4) is 0 Å². The molecule has 0 unspecified atom stereocenters. The Morgan fingerprint density at radius 3 is 2.48 bits per heavy atom. The summed E-state index contributed by atoms with van der Waals surface area (Å²) in [7, 11) is -3.84. The van der Waals surface area contributed by atoms with Crippen molar-refractivity contribution in [2.45, 2.75) is 38.5 Å². The van der Waals surface area contributed by atoms with Crippen molar-refractivity contribution in [2.24, 2.45) is 10.3 Å². The van der Waals surface area contributed by atoms with E-state index >= 15 is 0 Å². The molecule has 2 aromatic carbocycles. The van der Waals surface area contributed by atoms with E-state index in [0.29, 0.717) is 23.6 Å². The number of amidine groups is 1. The monoisotopic (exact) mass is 385 g/mol. The highest BCUT2D eigenvalue weighted by Gasteiger charge is 2.31. The summed E-state index contributed by atoms with van der Waals surface area (Å²) >= 11 is 0. The molecule has 0 aromatic heterocycles. The largest absolute Gasteiger partial charge is 0.326 e. The van der Waals surface area contributed by atoms with Crippen molar-refractivity contribution < 1.29 is 13.2 Å². The van der Waals surface area contributed by atoms with Gasteiger partial charge < -0.3 is 5.32 Å². The number of rotatable bonds is 5. The molecule has 142 valence electrons. The lowest BCUT2D eigenvalue weighted by Gasteiger charge is -2.31. The second kappa shape index (κ2) is 7.52. The maximum atomic E-state index is 12.8. The fraction of sp³-hybridized carbons (Fsp3) is 0.300. The number of nitrogens with zero attached hydrogens (tertiary/aromatic N) is 2. The van der Waals surface area contributed by atoms with Crippen LogP contribution in [0.5, 0.6) is 0 Å². The Balaban J connectivity index is 2.13. The fourth-order valence-corrected chi connectivity index (χ4v) is 4.13. The molecule has 0 bridgehead atoms. The molecular weight excluding hydrogens is 362 g/mol. The molecular formula is C20H23N3O3S. The zero-order chi connectivity index (χ0) is 19.6. The summed E-state index contributed by atoms with van der Waals surface area (Å²) in [6.45, 7) is 5.55. The number of nitrogens with one attached hydrogen (secondary N) is 1. The molecule has 1 aliphatic heterocycles. The number of para-hydroxylation sites is 1. The molecule has 0 saturated carbocycles. The molecule has 0 spiro atoms. The molecule has 0 atom stereocenters. The Labute approximate surface area is 160 Å². The number of sulfonamides is 1. The standard InChI is InChI=1S/C20H23N3O3S/c1-4-8-19-22-27(25,26)18-13-15(21-20(24)14(2)3)11-12-17(18)23(19)16-9-6-5-7-10-16/h5-7,9-14H,4,8H2,1-3H3,(H,21,24). The summed E-state index contributed by atoms with van der Waals surface area (Å²) in [5, 5.41) is 2.75. The van der Waals surface area contributed by atoms with E-state index in [1.807, 2.05) is 42.2 Å². The average Bonchev–Trinajstić information content (AvgIpc) is 2.63. The van der Waals surface area contributed by atoms with E-state index in [-0.39, 0.29) is 16.7 Å². The predicted octanol–water partition coefficient (Wildman–Crippen LogP) is 4.32. The second-order valence-corrected chi connectivity index (χ2v) is 8.30. The summed E-state index contributed by atoms with van der Waals surface area (Å²) in [6, 6.07) is 14.5. The first-order valence-corrected chi connectivity index (χ1v) is 10.4. The van der Waals surface area contributed by atoms with E-state index in [1.54, 1.807) is 26.0 Å². The Morgan fingerprint density at radius 2 is 1.85 bits per heavy atom. The van der Waals surface area contributed by atoms with Gasteiger partial charge in [0.1, 0.15) is 10.7 Å². The zero-order valence-electron chi connectivity index (χ0n) is 15.6. The van der Waals surface area contributed by atoms with Gasteiger partial charge in [0.05, 0.1) is 5.69 Å². The maximum Gasteiger partial charge on any atom is 0.286 e. The molecule has 0 fully saturated rings. The highest BCUT2D eigenvalue weighted by molar-refractivity contribution is 7.90. The van der Waals surface area contributed by atoms with Crippen LogP contribution in [0.15, 0.2) is 57.8 Å². The summed E-state index contributed by atoms with van der Waals surface area (Å²) < 4.78 is 29.6. The van der Waals surface area contributed by atoms with Crippen molar-refractivity contribution in [1.82, 2.24) is 0 Å². The lowest BCUT2D eigenvalue weighted by molar-refractivity contribution is -0.118. The van der Waals surface area contributed by atoms with Crippen LogP contribution in [0.1, 0.15) is 33.6 Å². The van der Waals surface area contributed by atoms with Gasteiger partial charge in [-0.2, -0.15) is 8.42 Å². The number of carbonyl (C=O) groups is 1. The second-order valence-electron chi connectivity index (χ2n) is 6.73. The van der Waals surface area contributed by atoms with E-state index in [4.69, 9.17) is 0 Å². The van der Waals surface area contributed by atoms with Gasteiger partial charge in [0, 0.05) is 23.7 Å². The van der Waals surface area contributed by atoms with Crippen LogP contribution in [0.2, 0.25) is 0 Å². The first-order valence-electron chi connectivity index (χ1n) is 8.97. The Hall–Kier alpha value is -2.67. The third-order valence-electron chi connectivity index (χ3n) is 4.24. The topological polar surface area (TPSA) is 78.8 Å². The molecule has 7 heteroatoms. The summed E-state index contributed by atoms with van der Waals surface area (Å²) in [6.07, 6.45) is 1.31. The molecule has 0 aliphatic carbocycles. The minimum absolute atomic E-state index is 0.0905. The summed E-state index contributed by atoms with van der Waals surface area (Å²) in [5.74, 6) is 0.126. The molecule has 2 aromatic rings. The van der Waals surface area contributed by atoms with Gasteiger partial charge in [-0.1, -0.05) is 39.0 Å². The molecule has 1 heterocycles. The Kier molecular flexibility index (Phi) is 5.32. The first kappa shape index (κ1) is 19.1. The predicted molar refractivity (Wildman–Crippen MR) is 108 cm³/mol. The van der Waals surface area contributed by atoms with E-state index in [9.17, 15) is 13.2 Å². The molecule has 1 N–H and O–H groups in total. The van der Waals surface area contributed by atoms with Gasteiger partial charge >= 0.3 is 0 Å². The number of hydrogen-bond donors (Lipinski definition) is 1. The molecule has 6 nitrogen and oxygen atoms in total. The van der Waals surface area contributed by atoms with Crippen molar-refractivity contribution >= 4 is 38.8 Å². The molecule has 0 saturated heterocycles. The fourth-order valence-electron chi connectivity index (χ4n) is 2.88. The molecule has 1 aliphatic rings. The Bertz CT molecular complexity index is 983. The van der Waals surface area contributed by atoms with Crippen LogP contribution in [0.3, 0.4) is 0 Å². The highest BCUT2D eigenvalue weighted by Crippen LogP contribution is 2.39. The van der Waals surface area contributed by atoms with Crippen molar-refractivity contribution in [2.75, 3.05) is 10.2 Å². The minimum Gasteiger partial charge on any atom is -0.326 e. The van der Waals surface area contributed by atoms with Gasteiger partial charge in [-0.25, -0.2) is 0 Å². The van der Waals surface area contributed by atoms with Gasteiger partial charge in [0.2, 0.25) is 5.91 Å². The van der Waals surface area contributed by atoms with E-state index in [0.717, 1.165) is 12.1 Å². The Morgan fingerprint density at radius 1 is 1.15 bits per heavy atom. The van der Waals surface area contributed by atoms with Gasteiger partial charge in [0.25, 0.3) is 10.0 Å². The van der Waals surface area contributed by atoms with Gasteiger partial charge in [-0.3, -0.25) is 9.69 Å². The van der Waals surface area contributed by atoms with Crippen LogP contribution in [-0.4, -0.2) is 20.2 Å². The van der Waals surface area contributed by atoms with Crippen LogP contribution in [0.25, 0.3) is 0 Å². The summed E-state index contributed by atoms with van der Waals surface area (Å²) in [5.41, 5.74) is 1.83. The first-order chi connectivity index (χ1) is 12.8. The van der Waals surface area contributed by atoms with E-state index in [1.165, 1.54) is 6.07 Å². The van der Waals surface area contributed by atoms with Crippen LogP contribution >= 0.6 is 0 Å². The number of anilines is 3. The van der Waals surface area contributed by atoms with Gasteiger partial charge in [-0.15, -0.1) is 4.40 Å². The smallest absolute Gasteiger partial charge is 0.286 e. The third-order valence-corrected chi connectivity index (χ3v) is 5.58. The van der Waals surface area contributed by atoms with E-state index in [2.05, 4.69) is 9.71 Å². The summed E-state index contributed by atoms with van der Waals surface area (Å²) in [4.78, 5) is 13.9. The van der Waals surface area contributed by atoms with E-state index < -0.39 is 10.0 Å². The third kappa shape index (κ3) is 3.88. The van der Waals surface area contributed by atoms with Crippen LogP contribution in [-0.2, 0) is 14.8 Å². The SMILES string of the molecule is CCCC1=NS(=O)(=O)c2cc(NC(=O)C(C)C)ccc2N1c1ccccc1. The van der Waals surface area contributed by atoms with Crippen LogP contribution in [0.4, 0.5) is 17.1 Å². The highest BCUT2D eigenvalue weighted by atomic mass is 32.2. The van der Waals surface area contributed by atoms with Gasteiger partial charge in [0.15, 0.2) is 0 Å². The van der Waals surface area contributed by atoms with Gasteiger partial charge in [-0.05, 0) is 36.8 Å². The van der Waals surface area contributed by atoms with Crippen molar-refractivity contribution in [1.29, 1.82) is 0 Å². The normalized spacial score (nSPS) is 15.3. The molecule has 0 radical (unpaired) electrons. The van der Waals surface area contributed by atoms with Crippen molar-refractivity contribution in [3.63, 3.8) is 0 Å². The number of amides is 1. The number of hydrogen-bond acceptors (Lipinski definition) is 4. The molecule has 27 heavy (non-hydrogen) atoms. The van der Waals surface area contributed by atoms with Crippen LogP contribution < -0.4 is 10.2 Å².